The number of carbonyl (C=O) groups excluding carboxylic acids is 3. The van der Waals surface area contributed by atoms with E-state index in [-0.39, 0.29) is 35.6 Å². The lowest BCUT2D eigenvalue weighted by atomic mass is 9.94. The van der Waals surface area contributed by atoms with Crippen molar-refractivity contribution in [3.63, 3.8) is 0 Å². The summed E-state index contributed by atoms with van der Waals surface area (Å²) < 4.78 is 5.31. The minimum atomic E-state index is -0.871. The van der Waals surface area contributed by atoms with Crippen LogP contribution in [0.2, 0.25) is 0 Å². The third-order valence-corrected chi connectivity index (χ3v) is 6.47. The molecule has 34 heavy (non-hydrogen) atoms. The van der Waals surface area contributed by atoms with E-state index in [2.05, 4.69) is 10.6 Å². The van der Waals surface area contributed by atoms with Crippen LogP contribution >= 0.6 is 0 Å². The van der Waals surface area contributed by atoms with Gasteiger partial charge in [0.25, 0.3) is 0 Å². The van der Waals surface area contributed by atoms with Gasteiger partial charge in [-0.15, -0.1) is 0 Å². The summed E-state index contributed by atoms with van der Waals surface area (Å²) in [7, 11) is 0. The first-order chi connectivity index (χ1) is 16.0. The van der Waals surface area contributed by atoms with E-state index in [0.29, 0.717) is 5.56 Å². The predicted octanol–water partition coefficient (Wildman–Crippen LogP) is 4.03. The molecule has 2 aliphatic carbocycles. The number of ether oxygens (including phenoxy) is 1. The minimum absolute atomic E-state index is 0.0896. The lowest BCUT2D eigenvalue weighted by Gasteiger charge is -2.35. The zero-order valence-electron chi connectivity index (χ0n) is 21.0. The molecular weight excluding hydrogens is 434 g/mol. The van der Waals surface area contributed by atoms with Gasteiger partial charge >= 0.3 is 6.09 Å². The van der Waals surface area contributed by atoms with Crippen LogP contribution in [0.3, 0.4) is 0 Å². The molecule has 3 N–H and O–H groups in total. The molecule has 0 bridgehead atoms. The highest BCUT2D eigenvalue weighted by Crippen LogP contribution is 2.41. The Morgan fingerprint density at radius 3 is 2.21 bits per heavy atom. The maximum atomic E-state index is 13.7. The SMILES string of the molecule is CC(NC(=O)OC(C)(C)C)C(=O)N(C(C(=O)NC1CCCCC1)c1ccc(O)cc1)C1CC1C. The number of hydrogen-bond donors (Lipinski definition) is 3. The van der Waals surface area contributed by atoms with Crippen LogP contribution in [0, 0.1) is 5.92 Å². The first kappa shape index (κ1) is 25.8. The Morgan fingerprint density at radius 2 is 1.68 bits per heavy atom. The molecule has 0 aliphatic heterocycles. The highest BCUT2D eigenvalue weighted by molar-refractivity contribution is 5.92. The predicted molar refractivity (Wildman–Crippen MR) is 129 cm³/mol. The van der Waals surface area contributed by atoms with E-state index in [1.54, 1.807) is 44.7 Å². The first-order valence-corrected chi connectivity index (χ1v) is 12.4. The molecule has 188 valence electrons. The van der Waals surface area contributed by atoms with Gasteiger partial charge in [0.15, 0.2) is 0 Å². The van der Waals surface area contributed by atoms with Gasteiger partial charge in [-0.05, 0) is 70.6 Å². The van der Waals surface area contributed by atoms with Gasteiger partial charge in [-0.25, -0.2) is 4.79 Å². The molecule has 2 fully saturated rings. The number of phenolic OH excluding ortho intramolecular Hbond substituents is 1. The average Bonchev–Trinajstić information content (AvgIpc) is 3.47. The molecule has 8 nitrogen and oxygen atoms in total. The van der Waals surface area contributed by atoms with Gasteiger partial charge in [-0.3, -0.25) is 9.59 Å². The Balaban J connectivity index is 1.87. The molecule has 0 heterocycles. The average molecular weight is 474 g/mol. The molecule has 1 aromatic rings. The number of aromatic hydroxyl groups is 1. The fourth-order valence-electron chi connectivity index (χ4n) is 4.56. The Labute approximate surface area is 202 Å². The summed E-state index contributed by atoms with van der Waals surface area (Å²) in [5.41, 5.74) is -0.0607. The van der Waals surface area contributed by atoms with Crippen molar-refractivity contribution in [2.24, 2.45) is 5.92 Å². The van der Waals surface area contributed by atoms with Crippen molar-refractivity contribution in [3.05, 3.63) is 29.8 Å². The lowest BCUT2D eigenvalue weighted by molar-refractivity contribution is -0.143. The number of phenols is 1. The fourth-order valence-corrected chi connectivity index (χ4v) is 4.56. The Bertz CT molecular complexity index is 873. The molecule has 2 aliphatic rings. The number of alkyl carbamates (subject to hydrolysis) is 1. The van der Waals surface area contributed by atoms with Crippen molar-refractivity contribution in [3.8, 4) is 5.75 Å². The van der Waals surface area contributed by atoms with E-state index in [0.717, 1.165) is 32.1 Å². The molecule has 0 radical (unpaired) electrons. The van der Waals surface area contributed by atoms with Crippen LogP contribution in [0.4, 0.5) is 4.79 Å². The third kappa shape index (κ3) is 6.87. The van der Waals surface area contributed by atoms with E-state index >= 15 is 0 Å². The summed E-state index contributed by atoms with van der Waals surface area (Å²) in [4.78, 5) is 41.2. The smallest absolute Gasteiger partial charge is 0.408 e. The third-order valence-electron chi connectivity index (χ3n) is 6.47. The lowest BCUT2D eigenvalue weighted by Crippen LogP contribution is -2.54. The topological polar surface area (TPSA) is 108 Å². The molecule has 3 amide bonds. The highest BCUT2D eigenvalue weighted by Gasteiger charge is 2.47. The highest BCUT2D eigenvalue weighted by atomic mass is 16.6. The molecular formula is C26H39N3O5. The van der Waals surface area contributed by atoms with Crippen LogP contribution in [-0.4, -0.2) is 51.6 Å². The summed E-state index contributed by atoms with van der Waals surface area (Å²) in [6.07, 6.45) is 5.30. The van der Waals surface area contributed by atoms with Crippen molar-refractivity contribution < 1.29 is 24.2 Å². The summed E-state index contributed by atoms with van der Waals surface area (Å²) in [5, 5.41) is 15.6. The van der Waals surface area contributed by atoms with Gasteiger partial charge in [0.2, 0.25) is 11.8 Å². The van der Waals surface area contributed by atoms with Gasteiger partial charge in [0.1, 0.15) is 23.4 Å². The number of nitrogens with zero attached hydrogens (tertiary/aromatic N) is 1. The maximum absolute atomic E-state index is 13.7. The van der Waals surface area contributed by atoms with Crippen molar-refractivity contribution in [1.82, 2.24) is 15.5 Å². The monoisotopic (exact) mass is 473 g/mol. The number of benzene rings is 1. The van der Waals surface area contributed by atoms with Crippen molar-refractivity contribution in [2.45, 2.75) is 103 Å². The Hall–Kier alpha value is -2.77. The summed E-state index contributed by atoms with van der Waals surface area (Å²) in [5.74, 6) is -0.223. The molecule has 8 heteroatoms. The number of nitrogens with one attached hydrogen (secondary N) is 2. The van der Waals surface area contributed by atoms with E-state index in [9.17, 15) is 19.5 Å². The molecule has 3 rings (SSSR count). The second-order valence-electron chi connectivity index (χ2n) is 10.7. The summed E-state index contributed by atoms with van der Waals surface area (Å²) in [6, 6.07) is 4.67. The molecule has 0 aromatic heterocycles. The molecule has 2 saturated carbocycles. The van der Waals surface area contributed by atoms with Crippen LogP contribution < -0.4 is 10.6 Å². The van der Waals surface area contributed by atoms with Crippen LogP contribution in [0.15, 0.2) is 24.3 Å². The van der Waals surface area contributed by atoms with Crippen LogP contribution in [0.1, 0.15) is 84.7 Å². The van der Waals surface area contributed by atoms with E-state index in [1.165, 1.54) is 18.6 Å². The van der Waals surface area contributed by atoms with Gasteiger partial charge in [0.05, 0.1) is 0 Å². The van der Waals surface area contributed by atoms with Gasteiger partial charge < -0.3 is 25.4 Å². The quantitative estimate of drug-likeness (QED) is 0.554. The van der Waals surface area contributed by atoms with Gasteiger partial charge in [-0.2, -0.15) is 0 Å². The van der Waals surface area contributed by atoms with Crippen LogP contribution in [0.5, 0.6) is 5.75 Å². The second kappa shape index (κ2) is 10.7. The standard InChI is InChI=1S/C26H39N3O5/c1-16-15-21(16)29(24(32)17(2)27-25(33)34-26(3,4)5)22(18-11-13-20(30)14-12-18)23(31)28-19-9-7-6-8-10-19/h11-14,16-17,19,21-22,30H,6-10,15H2,1-5H3,(H,27,33)(H,28,31). The second-order valence-corrected chi connectivity index (χ2v) is 10.7. The number of hydrogen-bond acceptors (Lipinski definition) is 5. The fraction of sp³-hybridized carbons (Fsp3) is 0.654. The van der Waals surface area contributed by atoms with Crippen molar-refractivity contribution >= 4 is 17.9 Å². The number of amides is 3. The first-order valence-electron chi connectivity index (χ1n) is 12.4. The van der Waals surface area contributed by atoms with E-state index < -0.39 is 23.8 Å². The van der Waals surface area contributed by atoms with E-state index in [4.69, 9.17) is 4.74 Å². The molecule has 1 aromatic carbocycles. The van der Waals surface area contributed by atoms with Gasteiger partial charge in [0, 0.05) is 12.1 Å². The Kier molecular flexibility index (Phi) is 8.10. The van der Waals surface area contributed by atoms with Crippen molar-refractivity contribution in [1.29, 1.82) is 0 Å². The van der Waals surface area contributed by atoms with Crippen molar-refractivity contribution in [2.75, 3.05) is 0 Å². The number of carbonyl (C=O) groups is 3. The summed E-state index contributed by atoms with van der Waals surface area (Å²) >= 11 is 0. The molecule has 0 saturated heterocycles. The zero-order chi connectivity index (χ0) is 25.0. The number of rotatable bonds is 7. The van der Waals surface area contributed by atoms with Crippen LogP contribution in [-0.2, 0) is 14.3 Å². The van der Waals surface area contributed by atoms with Crippen LogP contribution in [0.25, 0.3) is 0 Å². The zero-order valence-corrected chi connectivity index (χ0v) is 21.0. The minimum Gasteiger partial charge on any atom is -0.508 e. The van der Waals surface area contributed by atoms with E-state index in [1.807, 2.05) is 6.92 Å². The maximum Gasteiger partial charge on any atom is 0.408 e. The largest absolute Gasteiger partial charge is 0.508 e. The summed E-state index contributed by atoms with van der Waals surface area (Å²) in [6.45, 7) is 8.93. The Morgan fingerprint density at radius 1 is 1.09 bits per heavy atom. The molecule has 4 unspecified atom stereocenters. The normalized spacial score (nSPS) is 22.3. The molecule has 4 atom stereocenters. The van der Waals surface area contributed by atoms with Gasteiger partial charge in [-0.1, -0.05) is 38.3 Å². The molecule has 0 spiro atoms.